The van der Waals surface area contributed by atoms with Crippen molar-refractivity contribution in [2.45, 2.75) is 37.5 Å². The van der Waals surface area contributed by atoms with E-state index in [9.17, 15) is 13.2 Å². The van der Waals surface area contributed by atoms with Gasteiger partial charge in [0.2, 0.25) is 15.9 Å². The number of rotatable bonds is 4. The molecule has 2 aromatic carbocycles. The van der Waals surface area contributed by atoms with Crippen LogP contribution in [-0.2, 0) is 21.2 Å². The first-order chi connectivity index (χ1) is 14.4. The number of piperidine rings is 1. The quantitative estimate of drug-likeness (QED) is 0.749. The minimum Gasteiger partial charge on any atom is -0.495 e. The second-order valence-electron chi connectivity index (χ2n) is 8.00. The van der Waals surface area contributed by atoms with Crippen LogP contribution in [0.3, 0.4) is 0 Å². The van der Waals surface area contributed by atoms with Gasteiger partial charge in [-0.25, -0.2) is 8.42 Å². The van der Waals surface area contributed by atoms with Gasteiger partial charge in [0, 0.05) is 25.6 Å². The molecule has 0 spiro atoms. The van der Waals surface area contributed by atoms with Gasteiger partial charge in [-0.2, -0.15) is 4.31 Å². The Morgan fingerprint density at radius 3 is 2.40 bits per heavy atom. The highest BCUT2D eigenvalue weighted by Crippen LogP contribution is 2.39. The Labute approximate surface area is 178 Å². The molecule has 30 heavy (non-hydrogen) atoms. The molecule has 2 aliphatic heterocycles. The zero-order valence-corrected chi connectivity index (χ0v) is 18.3. The third-order valence-electron chi connectivity index (χ3n) is 6.23. The van der Waals surface area contributed by atoms with Crippen LogP contribution in [-0.4, -0.2) is 45.4 Å². The Bertz CT molecular complexity index is 1030. The fourth-order valence-electron chi connectivity index (χ4n) is 4.54. The van der Waals surface area contributed by atoms with Crippen LogP contribution < -0.4 is 9.64 Å². The monoisotopic (exact) mass is 428 g/mol. The van der Waals surface area contributed by atoms with Gasteiger partial charge in [0.1, 0.15) is 5.75 Å². The van der Waals surface area contributed by atoms with E-state index >= 15 is 0 Å². The normalized spacial score (nSPS) is 18.1. The summed E-state index contributed by atoms with van der Waals surface area (Å²) in [4.78, 5) is 15.6. The van der Waals surface area contributed by atoms with Gasteiger partial charge in [0.15, 0.2) is 0 Å². The number of fused-ring (bicyclic) bond motifs is 1. The number of anilines is 1. The first kappa shape index (κ1) is 20.9. The topological polar surface area (TPSA) is 66.9 Å². The van der Waals surface area contributed by atoms with Crippen LogP contribution in [0.5, 0.6) is 5.75 Å². The van der Waals surface area contributed by atoms with E-state index < -0.39 is 10.0 Å². The first-order valence-electron chi connectivity index (χ1n) is 10.5. The molecule has 2 aliphatic rings. The number of nitrogens with zero attached hydrogens (tertiary/aromatic N) is 2. The lowest BCUT2D eigenvalue weighted by Crippen LogP contribution is -2.46. The second kappa shape index (κ2) is 8.40. The summed E-state index contributed by atoms with van der Waals surface area (Å²) in [5, 5.41) is 0. The maximum atomic E-state index is 13.4. The van der Waals surface area contributed by atoms with Crippen molar-refractivity contribution in [2.75, 3.05) is 31.6 Å². The Balaban J connectivity index is 1.51. The number of sulfonamides is 1. The van der Waals surface area contributed by atoms with E-state index in [1.807, 2.05) is 17.0 Å². The van der Waals surface area contributed by atoms with Gasteiger partial charge in [-0.15, -0.1) is 0 Å². The van der Waals surface area contributed by atoms with E-state index in [0.717, 1.165) is 24.3 Å². The summed E-state index contributed by atoms with van der Waals surface area (Å²) in [7, 11) is -1.88. The molecule has 2 heterocycles. The molecule has 0 radical (unpaired) electrons. The molecule has 0 N–H and O–H groups in total. The fourth-order valence-corrected chi connectivity index (χ4v) is 6.03. The molecular weight excluding hydrogens is 400 g/mol. The van der Waals surface area contributed by atoms with Gasteiger partial charge in [-0.05, 0) is 61.9 Å². The van der Waals surface area contributed by atoms with E-state index in [0.29, 0.717) is 37.4 Å². The number of hydrogen-bond donors (Lipinski definition) is 0. The molecule has 1 amide bonds. The van der Waals surface area contributed by atoms with Crippen molar-refractivity contribution in [3.63, 3.8) is 0 Å². The van der Waals surface area contributed by atoms with Crippen molar-refractivity contribution in [2.24, 2.45) is 5.92 Å². The lowest BCUT2D eigenvalue weighted by Gasteiger charge is -2.37. The summed E-state index contributed by atoms with van der Waals surface area (Å²) in [6.45, 7) is 3.46. The Morgan fingerprint density at radius 1 is 1.03 bits per heavy atom. The molecular formula is C23H28N2O4S. The predicted molar refractivity (Wildman–Crippen MR) is 116 cm³/mol. The number of carbonyl (C=O) groups is 1. The van der Waals surface area contributed by atoms with Crippen molar-refractivity contribution < 1.29 is 17.9 Å². The van der Waals surface area contributed by atoms with Gasteiger partial charge in [0.05, 0.1) is 17.7 Å². The second-order valence-corrected chi connectivity index (χ2v) is 9.93. The molecule has 0 bridgehead atoms. The fraction of sp³-hybridized carbons (Fsp3) is 0.435. The molecule has 1 fully saturated rings. The van der Waals surface area contributed by atoms with Crippen molar-refractivity contribution in [3.8, 4) is 5.75 Å². The summed E-state index contributed by atoms with van der Waals surface area (Å²) in [5.74, 6) is 0.632. The van der Waals surface area contributed by atoms with Crippen LogP contribution in [0, 0.1) is 12.8 Å². The average molecular weight is 429 g/mol. The zero-order chi connectivity index (χ0) is 21.3. The highest BCUT2D eigenvalue weighted by Gasteiger charge is 2.36. The van der Waals surface area contributed by atoms with E-state index in [-0.39, 0.29) is 11.8 Å². The third kappa shape index (κ3) is 3.72. The first-order valence-corrected chi connectivity index (χ1v) is 11.9. The number of hydrogen-bond acceptors (Lipinski definition) is 4. The number of ether oxygens (including phenoxy) is 1. The highest BCUT2D eigenvalue weighted by atomic mass is 32.2. The maximum Gasteiger partial charge on any atom is 0.243 e. The van der Waals surface area contributed by atoms with Crippen molar-refractivity contribution in [1.82, 2.24) is 4.31 Å². The van der Waals surface area contributed by atoms with Crippen LogP contribution in [0.25, 0.3) is 0 Å². The van der Waals surface area contributed by atoms with Gasteiger partial charge in [0.25, 0.3) is 0 Å². The van der Waals surface area contributed by atoms with Gasteiger partial charge in [-0.3, -0.25) is 4.79 Å². The third-order valence-corrected chi connectivity index (χ3v) is 8.14. The Hall–Kier alpha value is -2.38. The van der Waals surface area contributed by atoms with Crippen LogP contribution in [0.1, 0.15) is 30.4 Å². The van der Waals surface area contributed by atoms with E-state index in [1.165, 1.54) is 15.4 Å². The largest absolute Gasteiger partial charge is 0.495 e. The zero-order valence-electron chi connectivity index (χ0n) is 17.5. The van der Waals surface area contributed by atoms with Gasteiger partial charge < -0.3 is 9.64 Å². The minimum absolute atomic E-state index is 0.0802. The van der Waals surface area contributed by atoms with Gasteiger partial charge in [-0.1, -0.05) is 24.3 Å². The summed E-state index contributed by atoms with van der Waals surface area (Å²) in [6, 6.07) is 12.5. The summed E-state index contributed by atoms with van der Waals surface area (Å²) in [6.07, 6.45) is 2.93. The van der Waals surface area contributed by atoms with Crippen molar-refractivity contribution >= 4 is 21.6 Å². The lowest BCUT2D eigenvalue weighted by atomic mass is 9.92. The highest BCUT2D eigenvalue weighted by molar-refractivity contribution is 7.89. The van der Waals surface area contributed by atoms with Gasteiger partial charge >= 0.3 is 0 Å². The van der Waals surface area contributed by atoms with E-state index in [1.54, 1.807) is 37.4 Å². The van der Waals surface area contributed by atoms with Crippen LogP contribution in [0.4, 0.5) is 5.69 Å². The van der Waals surface area contributed by atoms with E-state index in [2.05, 4.69) is 6.92 Å². The molecule has 0 saturated carbocycles. The molecule has 160 valence electrons. The van der Waals surface area contributed by atoms with E-state index in [4.69, 9.17) is 4.74 Å². The number of aryl methyl sites for hydroxylation is 1. The molecule has 6 nitrogen and oxygen atoms in total. The molecule has 2 aromatic rings. The number of benzene rings is 2. The smallest absolute Gasteiger partial charge is 0.243 e. The average Bonchev–Trinajstić information content (AvgIpc) is 2.79. The summed E-state index contributed by atoms with van der Waals surface area (Å²) >= 11 is 0. The Morgan fingerprint density at radius 2 is 1.73 bits per heavy atom. The minimum atomic E-state index is -3.51. The molecule has 7 heteroatoms. The van der Waals surface area contributed by atoms with Crippen LogP contribution in [0.15, 0.2) is 47.4 Å². The van der Waals surface area contributed by atoms with Crippen molar-refractivity contribution in [3.05, 3.63) is 53.6 Å². The lowest BCUT2D eigenvalue weighted by molar-refractivity contribution is -0.123. The maximum absolute atomic E-state index is 13.4. The Kier molecular flexibility index (Phi) is 5.84. The molecule has 0 atom stereocenters. The predicted octanol–water partition coefficient (Wildman–Crippen LogP) is 3.38. The SMILES string of the molecule is COc1ccc(C)c2c1N(C(=O)C1CCN(S(=O)(=O)c3ccccc3)CC1)CCC2. The number of methoxy groups -OCH3 is 1. The molecule has 0 aliphatic carbocycles. The van der Waals surface area contributed by atoms with Crippen LogP contribution in [0.2, 0.25) is 0 Å². The summed E-state index contributed by atoms with van der Waals surface area (Å²) < 4.78 is 32.8. The number of carbonyl (C=O) groups excluding carboxylic acids is 1. The summed E-state index contributed by atoms with van der Waals surface area (Å²) in [5.41, 5.74) is 3.25. The molecule has 0 unspecified atom stereocenters. The molecule has 1 saturated heterocycles. The molecule has 0 aromatic heterocycles. The standard InChI is InChI=1S/C23H28N2O4S/c1-17-10-11-21(29-2)22-20(17)9-6-14-25(22)23(26)18-12-15-24(16-13-18)30(27,28)19-7-4-3-5-8-19/h3-5,7-8,10-11,18H,6,9,12-16H2,1-2H3. The van der Waals surface area contributed by atoms with Crippen LogP contribution >= 0.6 is 0 Å². The number of amides is 1. The van der Waals surface area contributed by atoms with Crippen molar-refractivity contribution in [1.29, 1.82) is 0 Å². The molecule has 4 rings (SSSR count).